The molecule has 0 bridgehead atoms. The minimum atomic E-state index is -0.671. The molecule has 0 unspecified atom stereocenters. The number of fused-ring (bicyclic) bond motifs is 2. The Morgan fingerprint density at radius 2 is 1.15 bits per heavy atom. The number of nitrogens with zero attached hydrogens (tertiary/aromatic N) is 8. The van der Waals surface area contributed by atoms with E-state index in [1.165, 1.54) is 19.2 Å². The van der Waals surface area contributed by atoms with Crippen LogP contribution in [-0.2, 0) is 32.6 Å². The van der Waals surface area contributed by atoms with E-state index in [0.717, 1.165) is 11.3 Å². The van der Waals surface area contributed by atoms with E-state index in [1.54, 1.807) is 56.6 Å². The van der Waals surface area contributed by atoms with Crippen molar-refractivity contribution in [3.8, 4) is 11.5 Å². The molecule has 0 fully saturated rings. The van der Waals surface area contributed by atoms with Gasteiger partial charge in [-0.25, -0.2) is 9.97 Å². The number of amides is 4. The van der Waals surface area contributed by atoms with Crippen LogP contribution in [0.25, 0.3) is 22.1 Å². The molecule has 19 heteroatoms. The van der Waals surface area contributed by atoms with Crippen molar-refractivity contribution in [1.82, 2.24) is 38.7 Å². The number of nitrogens with two attached hydrogens (primary N) is 2. The summed E-state index contributed by atoms with van der Waals surface area (Å²) in [4.78, 5) is 61.8. The number of hydrogen-bond acceptors (Lipinski definition) is 11. The normalized spacial score (nSPS) is 11.1. The van der Waals surface area contributed by atoms with Gasteiger partial charge in [0.05, 0.1) is 36.1 Å². The Morgan fingerprint density at radius 3 is 1.58 bits per heavy atom. The molecular formula is C46H55N13O6. The third-order valence-electron chi connectivity index (χ3n) is 10.4. The molecule has 0 saturated heterocycles. The number of ether oxygens (including phenoxy) is 2. The molecular weight excluding hydrogens is 831 g/mol. The molecule has 19 nitrogen and oxygen atoms in total. The van der Waals surface area contributed by atoms with Crippen LogP contribution in [0.5, 0.6) is 11.5 Å². The van der Waals surface area contributed by atoms with Crippen LogP contribution < -0.4 is 36.9 Å². The summed E-state index contributed by atoms with van der Waals surface area (Å²) in [7, 11) is 3.32. The van der Waals surface area contributed by atoms with Gasteiger partial charge >= 0.3 is 0 Å². The number of primary amides is 2. The minimum absolute atomic E-state index is 0.155. The zero-order valence-corrected chi connectivity index (χ0v) is 37.9. The van der Waals surface area contributed by atoms with Gasteiger partial charge in [-0.15, -0.1) is 0 Å². The summed E-state index contributed by atoms with van der Waals surface area (Å²) in [5.41, 5.74) is 17.6. The van der Waals surface area contributed by atoms with Crippen LogP contribution in [0.1, 0.15) is 86.3 Å². The molecule has 0 radical (unpaired) electrons. The maximum atomic E-state index is 13.8. The van der Waals surface area contributed by atoms with Gasteiger partial charge in [0.25, 0.3) is 11.8 Å². The zero-order chi connectivity index (χ0) is 46.9. The van der Waals surface area contributed by atoms with Crippen LogP contribution in [0.3, 0.4) is 0 Å². The van der Waals surface area contributed by atoms with Crippen molar-refractivity contribution < 1.29 is 28.7 Å². The molecule has 0 saturated carbocycles. The number of rotatable bonds is 18. The first-order chi connectivity index (χ1) is 31.3. The van der Waals surface area contributed by atoms with Crippen LogP contribution in [0.4, 0.5) is 17.6 Å². The predicted molar refractivity (Wildman–Crippen MR) is 250 cm³/mol. The van der Waals surface area contributed by atoms with Crippen LogP contribution in [0.15, 0.2) is 72.8 Å². The standard InChI is InChI=1S/C44H49N13O6.C2H6/c1-7-56-33(19-25(3)52-56)41(60)50-43-48-31-21-28(39(45)58)23-35(62-6)37(31)54(43)16-9-10-17-55-38-32(49-44(55)51-42(61)34-20-26(4)53-57(34)8-2)22-29(40(46)59)24-36(38)63-18-15-27-11-13-30(47-5)14-12-27;1-2/h9-14,19-24,47H,7-8,15-18H2,1-6H3,(H2,45,58)(H2,46,59)(H,48,50,60)(H,49,51,61);1-2H3/b10-9+;. The van der Waals surface area contributed by atoms with Crippen molar-refractivity contribution in [1.29, 1.82) is 0 Å². The summed E-state index contributed by atoms with van der Waals surface area (Å²) >= 11 is 0. The number of aromatic nitrogens is 8. The number of hydrogen-bond donors (Lipinski definition) is 5. The van der Waals surface area contributed by atoms with Gasteiger partial charge in [0.2, 0.25) is 23.7 Å². The number of carbonyl (C=O) groups is 4. The van der Waals surface area contributed by atoms with E-state index in [1.807, 2.05) is 71.2 Å². The Balaban J connectivity index is 0.00000345. The lowest BCUT2D eigenvalue weighted by Crippen LogP contribution is -2.20. The Labute approximate surface area is 375 Å². The van der Waals surface area contributed by atoms with E-state index in [-0.39, 0.29) is 42.7 Å². The maximum Gasteiger partial charge on any atom is 0.276 e. The smallest absolute Gasteiger partial charge is 0.276 e. The fourth-order valence-electron chi connectivity index (χ4n) is 7.30. The van der Waals surface area contributed by atoms with Crippen molar-refractivity contribution in [2.45, 2.75) is 74.1 Å². The number of nitrogens with one attached hydrogen (secondary N) is 3. The second-order valence-electron chi connectivity index (χ2n) is 14.6. The molecule has 0 aliphatic heterocycles. The monoisotopic (exact) mass is 885 g/mol. The SMILES string of the molecule is CC.CCn1nc(C)cc1C(=O)Nc1nc2cc(C(N)=O)cc(OC)c2n1C/C=C/Cn1c(NC(=O)c2cc(C)nn2CC)nc2cc(C(N)=O)cc(OCCc3ccc(NC)cc3)c21. The highest BCUT2D eigenvalue weighted by Crippen LogP contribution is 2.33. The van der Waals surface area contributed by atoms with Gasteiger partial charge in [-0.2, -0.15) is 10.2 Å². The van der Waals surface area contributed by atoms with Crippen LogP contribution in [0.2, 0.25) is 0 Å². The lowest BCUT2D eigenvalue weighted by molar-refractivity contribution is 0.0991. The number of allylic oxidation sites excluding steroid dienone is 2. The summed E-state index contributed by atoms with van der Waals surface area (Å²) in [5.74, 6) is -1.20. The predicted octanol–water partition coefficient (Wildman–Crippen LogP) is 6.09. The number of methoxy groups -OCH3 is 1. The van der Waals surface area contributed by atoms with Gasteiger partial charge in [0.1, 0.15) is 33.9 Å². The first-order valence-corrected chi connectivity index (χ1v) is 21.3. The molecule has 7 aromatic rings. The van der Waals surface area contributed by atoms with E-state index in [2.05, 4.69) is 26.1 Å². The number of benzene rings is 3. The highest BCUT2D eigenvalue weighted by atomic mass is 16.5. The van der Waals surface area contributed by atoms with Gasteiger partial charge in [-0.3, -0.25) is 39.2 Å². The molecule has 7 N–H and O–H groups in total. The Bertz CT molecular complexity index is 2900. The molecule has 65 heavy (non-hydrogen) atoms. The van der Waals surface area contributed by atoms with E-state index in [4.69, 9.17) is 30.9 Å². The molecule has 4 aromatic heterocycles. The minimum Gasteiger partial charge on any atom is -0.494 e. The molecule has 0 aliphatic rings. The van der Waals surface area contributed by atoms with E-state index in [9.17, 15) is 19.2 Å². The lowest BCUT2D eigenvalue weighted by atomic mass is 10.1. The second kappa shape index (κ2) is 20.5. The Morgan fingerprint density at radius 1 is 0.692 bits per heavy atom. The molecule has 4 amide bonds. The van der Waals surface area contributed by atoms with E-state index >= 15 is 0 Å². The van der Waals surface area contributed by atoms with E-state index in [0.29, 0.717) is 75.9 Å². The lowest BCUT2D eigenvalue weighted by Gasteiger charge is -2.13. The number of aryl methyl sites for hydroxylation is 4. The summed E-state index contributed by atoms with van der Waals surface area (Å²) in [5, 5.41) is 17.8. The summed E-state index contributed by atoms with van der Waals surface area (Å²) in [6.07, 6.45) is 4.26. The van der Waals surface area contributed by atoms with Crippen molar-refractivity contribution >= 4 is 63.3 Å². The molecule has 340 valence electrons. The third kappa shape index (κ3) is 10.1. The molecule has 0 atom stereocenters. The second-order valence-corrected chi connectivity index (χ2v) is 14.6. The van der Waals surface area contributed by atoms with Crippen molar-refractivity contribution in [3.05, 3.63) is 112 Å². The topological polar surface area (TPSA) is 246 Å². The average molecular weight is 886 g/mol. The Kier molecular flexibility index (Phi) is 14.7. The van der Waals surface area contributed by atoms with Crippen LogP contribution in [-0.4, -0.2) is 83.1 Å². The number of carbonyl (C=O) groups excluding carboxylic acids is 4. The molecule has 0 spiro atoms. The first kappa shape index (κ1) is 46.5. The Hall–Kier alpha value is -7.96. The highest BCUT2D eigenvalue weighted by Gasteiger charge is 2.24. The summed E-state index contributed by atoms with van der Waals surface area (Å²) in [6, 6.07) is 17.5. The number of anilines is 3. The van der Waals surface area contributed by atoms with Crippen molar-refractivity contribution in [3.63, 3.8) is 0 Å². The fourth-order valence-corrected chi connectivity index (χ4v) is 7.30. The van der Waals surface area contributed by atoms with Crippen molar-refractivity contribution in [2.75, 3.05) is 36.7 Å². The van der Waals surface area contributed by atoms with Gasteiger partial charge in [0, 0.05) is 56.5 Å². The van der Waals surface area contributed by atoms with E-state index < -0.39 is 23.6 Å². The fraction of sp³-hybridized carbons (Fsp3) is 0.304. The summed E-state index contributed by atoms with van der Waals surface area (Å²) in [6.45, 7) is 12.9. The third-order valence-corrected chi connectivity index (χ3v) is 10.4. The highest BCUT2D eigenvalue weighted by molar-refractivity contribution is 6.05. The van der Waals surface area contributed by atoms with Crippen molar-refractivity contribution in [2.24, 2.45) is 11.5 Å². The molecule has 7 rings (SSSR count). The zero-order valence-electron chi connectivity index (χ0n) is 37.9. The molecule has 0 aliphatic carbocycles. The average Bonchev–Trinajstić information content (AvgIpc) is 4.07. The van der Waals surface area contributed by atoms with Gasteiger partial charge < -0.3 is 35.4 Å². The quantitative estimate of drug-likeness (QED) is 0.0617. The van der Waals surface area contributed by atoms with Gasteiger partial charge in [0.15, 0.2) is 0 Å². The molecule has 3 aromatic carbocycles. The van der Waals surface area contributed by atoms with Gasteiger partial charge in [-0.05, 0) is 81.8 Å². The largest absolute Gasteiger partial charge is 0.494 e. The summed E-state index contributed by atoms with van der Waals surface area (Å²) < 4.78 is 18.8. The first-order valence-electron chi connectivity index (χ1n) is 21.3. The van der Waals surface area contributed by atoms with Crippen LogP contribution in [0, 0.1) is 13.8 Å². The maximum absolute atomic E-state index is 13.8. The number of imidazole rings is 2. The molecule has 4 heterocycles. The van der Waals surface area contributed by atoms with Crippen LogP contribution >= 0.6 is 0 Å². The van der Waals surface area contributed by atoms with Gasteiger partial charge in [-0.1, -0.05) is 38.1 Å².